The lowest BCUT2D eigenvalue weighted by molar-refractivity contribution is 0.131. The number of nitrogens with zero attached hydrogens (tertiary/aromatic N) is 3. The standard InChI is InChI=1S/C21H24N4O/c1-2-17-8-10-18(11-9-17)20(16-22)24-12-14-25(15-13-24)21(26)23-19-6-4-3-5-7-19/h3-11,20H,2,12-15H2,1H3,(H,23,26). The number of aryl methyl sites for hydroxylation is 1. The molecule has 1 aliphatic heterocycles. The number of piperazine rings is 1. The Bertz CT molecular complexity index is 759. The van der Waals surface area contributed by atoms with Gasteiger partial charge in [0.05, 0.1) is 6.07 Å². The number of nitriles is 1. The molecule has 26 heavy (non-hydrogen) atoms. The van der Waals surface area contributed by atoms with Gasteiger partial charge in [0, 0.05) is 31.9 Å². The molecule has 2 aromatic rings. The molecule has 1 saturated heterocycles. The van der Waals surface area contributed by atoms with E-state index in [0.717, 1.165) is 17.7 Å². The highest BCUT2D eigenvalue weighted by atomic mass is 16.2. The van der Waals surface area contributed by atoms with Crippen molar-refractivity contribution >= 4 is 11.7 Å². The first-order valence-electron chi connectivity index (χ1n) is 9.04. The zero-order chi connectivity index (χ0) is 18.4. The van der Waals surface area contributed by atoms with Crippen LogP contribution >= 0.6 is 0 Å². The second-order valence-corrected chi connectivity index (χ2v) is 6.45. The van der Waals surface area contributed by atoms with Gasteiger partial charge < -0.3 is 10.2 Å². The van der Waals surface area contributed by atoms with Crippen molar-refractivity contribution < 1.29 is 4.79 Å². The molecule has 5 nitrogen and oxygen atoms in total. The zero-order valence-electron chi connectivity index (χ0n) is 15.1. The summed E-state index contributed by atoms with van der Waals surface area (Å²) in [5.41, 5.74) is 3.09. The van der Waals surface area contributed by atoms with Crippen LogP contribution in [0.15, 0.2) is 54.6 Å². The van der Waals surface area contributed by atoms with E-state index >= 15 is 0 Å². The predicted molar refractivity (Wildman–Crippen MR) is 103 cm³/mol. The monoisotopic (exact) mass is 348 g/mol. The molecule has 0 aromatic heterocycles. The number of carbonyl (C=O) groups excluding carboxylic acids is 1. The summed E-state index contributed by atoms with van der Waals surface area (Å²) < 4.78 is 0. The molecule has 134 valence electrons. The number of benzene rings is 2. The minimum atomic E-state index is -0.264. The van der Waals surface area contributed by atoms with Gasteiger partial charge in [0.2, 0.25) is 0 Å². The van der Waals surface area contributed by atoms with Crippen LogP contribution in [0.4, 0.5) is 10.5 Å². The molecule has 2 aromatic carbocycles. The highest BCUT2D eigenvalue weighted by Crippen LogP contribution is 2.22. The van der Waals surface area contributed by atoms with Gasteiger partial charge in [0.15, 0.2) is 0 Å². The molecule has 0 radical (unpaired) electrons. The fourth-order valence-corrected chi connectivity index (χ4v) is 3.21. The molecule has 1 unspecified atom stereocenters. The molecule has 1 fully saturated rings. The Morgan fingerprint density at radius 3 is 2.31 bits per heavy atom. The smallest absolute Gasteiger partial charge is 0.321 e. The van der Waals surface area contributed by atoms with Gasteiger partial charge in [-0.3, -0.25) is 4.90 Å². The number of para-hydroxylation sites is 1. The van der Waals surface area contributed by atoms with E-state index in [1.165, 1.54) is 5.56 Å². The van der Waals surface area contributed by atoms with Crippen LogP contribution in [0.3, 0.4) is 0 Å². The van der Waals surface area contributed by atoms with Crippen LogP contribution in [0.5, 0.6) is 0 Å². The maximum absolute atomic E-state index is 12.4. The highest BCUT2D eigenvalue weighted by Gasteiger charge is 2.27. The Balaban J connectivity index is 1.58. The van der Waals surface area contributed by atoms with Crippen molar-refractivity contribution in [3.63, 3.8) is 0 Å². The Morgan fingerprint density at radius 2 is 1.73 bits per heavy atom. The molecule has 0 bridgehead atoms. The first kappa shape index (κ1) is 18.0. The normalized spacial score (nSPS) is 15.9. The van der Waals surface area contributed by atoms with Gasteiger partial charge in [0.25, 0.3) is 0 Å². The molecule has 5 heteroatoms. The minimum Gasteiger partial charge on any atom is -0.322 e. The van der Waals surface area contributed by atoms with Gasteiger partial charge in [-0.2, -0.15) is 5.26 Å². The largest absolute Gasteiger partial charge is 0.322 e. The van der Waals surface area contributed by atoms with Crippen LogP contribution in [0, 0.1) is 11.3 Å². The van der Waals surface area contributed by atoms with Gasteiger partial charge in [-0.05, 0) is 29.7 Å². The van der Waals surface area contributed by atoms with E-state index in [-0.39, 0.29) is 12.1 Å². The van der Waals surface area contributed by atoms with E-state index < -0.39 is 0 Å². The first-order valence-corrected chi connectivity index (χ1v) is 9.04. The van der Waals surface area contributed by atoms with E-state index in [1.54, 1.807) is 4.90 Å². The summed E-state index contributed by atoms with van der Waals surface area (Å²) in [4.78, 5) is 16.3. The molecule has 1 N–H and O–H groups in total. The summed E-state index contributed by atoms with van der Waals surface area (Å²) in [6.07, 6.45) is 0.993. The van der Waals surface area contributed by atoms with Crippen molar-refractivity contribution in [1.29, 1.82) is 5.26 Å². The van der Waals surface area contributed by atoms with Crippen molar-refractivity contribution in [1.82, 2.24) is 9.80 Å². The van der Waals surface area contributed by atoms with Crippen LogP contribution in [-0.4, -0.2) is 42.0 Å². The van der Waals surface area contributed by atoms with Crippen LogP contribution in [0.25, 0.3) is 0 Å². The van der Waals surface area contributed by atoms with Gasteiger partial charge >= 0.3 is 6.03 Å². The van der Waals surface area contributed by atoms with Gasteiger partial charge in [0.1, 0.15) is 6.04 Å². The minimum absolute atomic E-state index is 0.0864. The van der Waals surface area contributed by atoms with Gasteiger partial charge in [-0.25, -0.2) is 4.79 Å². The maximum atomic E-state index is 12.4. The molecular formula is C21H24N4O. The number of hydrogen-bond donors (Lipinski definition) is 1. The van der Waals surface area contributed by atoms with E-state index in [2.05, 4.69) is 35.3 Å². The number of anilines is 1. The average Bonchev–Trinajstić information content (AvgIpc) is 2.70. The molecular weight excluding hydrogens is 324 g/mol. The van der Waals surface area contributed by atoms with Crippen LogP contribution in [-0.2, 0) is 6.42 Å². The Hall–Kier alpha value is -2.84. The molecule has 0 saturated carbocycles. The summed E-state index contributed by atoms with van der Waals surface area (Å²) in [6, 6.07) is 19.8. The molecule has 0 aliphatic carbocycles. The van der Waals surface area contributed by atoms with E-state index in [0.29, 0.717) is 26.2 Å². The summed E-state index contributed by atoms with van der Waals surface area (Å²) in [5.74, 6) is 0. The first-order chi connectivity index (χ1) is 12.7. The SMILES string of the molecule is CCc1ccc(C(C#N)N2CCN(C(=O)Nc3ccccc3)CC2)cc1. The number of amides is 2. The number of nitrogens with one attached hydrogen (secondary N) is 1. The third kappa shape index (κ3) is 4.22. The third-order valence-electron chi connectivity index (χ3n) is 4.82. The quantitative estimate of drug-likeness (QED) is 0.917. The molecule has 3 rings (SSSR count). The average molecular weight is 348 g/mol. The van der Waals surface area contributed by atoms with Gasteiger partial charge in [-0.15, -0.1) is 0 Å². The number of carbonyl (C=O) groups is 1. The van der Waals surface area contributed by atoms with Crippen molar-refractivity contribution in [2.75, 3.05) is 31.5 Å². The lowest BCUT2D eigenvalue weighted by Gasteiger charge is -2.37. The maximum Gasteiger partial charge on any atom is 0.321 e. The van der Waals surface area contributed by atoms with E-state index in [1.807, 2.05) is 42.5 Å². The van der Waals surface area contributed by atoms with Crippen molar-refractivity contribution in [3.05, 3.63) is 65.7 Å². The molecule has 1 atom stereocenters. The van der Waals surface area contributed by atoms with Crippen LogP contribution in [0.1, 0.15) is 24.1 Å². The topological polar surface area (TPSA) is 59.4 Å². The van der Waals surface area contributed by atoms with Crippen molar-refractivity contribution in [3.8, 4) is 6.07 Å². The summed E-state index contributed by atoms with van der Waals surface area (Å²) >= 11 is 0. The summed E-state index contributed by atoms with van der Waals surface area (Å²) in [7, 11) is 0. The highest BCUT2D eigenvalue weighted by molar-refractivity contribution is 5.89. The third-order valence-corrected chi connectivity index (χ3v) is 4.82. The van der Waals surface area contributed by atoms with Crippen molar-refractivity contribution in [2.45, 2.75) is 19.4 Å². The Kier molecular flexibility index (Phi) is 5.88. The lowest BCUT2D eigenvalue weighted by atomic mass is 10.0. The number of hydrogen-bond acceptors (Lipinski definition) is 3. The fourth-order valence-electron chi connectivity index (χ4n) is 3.21. The summed E-state index contributed by atoms with van der Waals surface area (Å²) in [5, 5.41) is 12.6. The van der Waals surface area contributed by atoms with Crippen LogP contribution in [0.2, 0.25) is 0 Å². The van der Waals surface area contributed by atoms with Crippen LogP contribution < -0.4 is 5.32 Å². The predicted octanol–water partition coefficient (Wildman–Crippen LogP) is 3.66. The molecule has 2 amide bonds. The molecule has 0 spiro atoms. The Labute approximate surface area is 154 Å². The van der Waals surface area contributed by atoms with E-state index in [4.69, 9.17) is 0 Å². The molecule has 1 aliphatic rings. The lowest BCUT2D eigenvalue weighted by Crippen LogP contribution is -2.50. The van der Waals surface area contributed by atoms with Crippen molar-refractivity contribution in [2.24, 2.45) is 0 Å². The second-order valence-electron chi connectivity index (χ2n) is 6.45. The number of rotatable bonds is 4. The molecule has 1 heterocycles. The Morgan fingerprint density at radius 1 is 1.08 bits per heavy atom. The zero-order valence-corrected chi connectivity index (χ0v) is 15.1. The van der Waals surface area contributed by atoms with E-state index in [9.17, 15) is 10.1 Å². The second kappa shape index (κ2) is 8.50. The van der Waals surface area contributed by atoms with Gasteiger partial charge in [-0.1, -0.05) is 49.4 Å². The summed E-state index contributed by atoms with van der Waals surface area (Å²) in [6.45, 7) is 4.73. The fraction of sp³-hybridized carbons (Fsp3) is 0.333. The number of urea groups is 1.